The van der Waals surface area contributed by atoms with Gasteiger partial charge < -0.3 is 15.1 Å². The number of nitrogens with one attached hydrogen (secondary N) is 1. The third-order valence-corrected chi connectivity index (χ3v) is 5.25. The van der Waals surface area contributed by atoms with E-state index in [1.165, 1.54) is 0 Å². The molecule has 0 spiro atoms. The highest BCUT2D eigenvalue weighted by Crippen LogP contribution is 2.22. The van der Waals surface area contributed by atoms with Crippen molar-refractivity contribution in [1.29, 1.82) is 10.5 Å². The summed E-state index contributed by atoms with van der Waals surface area (Å²) in [5, 5.41) is 20.6. The van der Waals surface area contributed by atoms with E-state index in [2.05, 4.69) is 26.2 Å². The summed E-state index contributed by atoms with van der Waals surface area (Å²) >= 11 is 0. The maximum Gasteiger partial charge on any atom is 0.255 e. The number of piperazine rings is 1. The second-order valence-corrected chi connectivity index (χ2v) is 7.18. The lowest BCUT2D eigenvalue weighted by Crippen LogP contribution is -2.46. The SMILES string of the molecule is N#Cc1ccc(C(=O)Nc2ccc(N3CCN(c4ccc(C#N)cn4)CC3)cc2)cc1. The molecule has 1 amide bonds. The molecule has 1 N–H and O–H groups in total. The largest absolute Gasteiger partial charge is 0.368 e. The summed E-state index contributed by atoms with van der Waals surface area (Å²) in [5.74, 6) is 0.681. The van der Waals surface area contributed by atoms with Gasteiger partial charge in [0.15, 0.2) is 0 Å². The fourth-order valence-corrected chi connectivity index (χ4v) is 3.49. The zero-order chi connectivity index (χ0) is 21.6. The van der Waals surface area contributed by atoms with Crippen LogP contribution in [0.4, 0.5) is 17.2 Å². The molecule has 4 rings (SSSR count). The van der Waals surface area contributed by atoms with E-state index in [-0.39, 0.29) is 5.91 Å². The first kappa shape index (κ1) is 19.9. The first-order valence-electron chi connectivity index (χ1n) is 9.94. The first-order valence-corrected chi connectivity index (χ1v) is 9.94. The van der Waals surface area contributed by atoms with Crippen LogP contribution in [0.3, 0.4) is 0 Å². The molecule has 0 bridgehead atoms. The number of benzene rings is 2. The Balaban J connectivity index is 1.33. The van der Waals surface area contributed by atoms with E-state index in [0.29, 0.717) is 16.7 Å². The monoisotopic (exact) mass is 408 g/mol. The van der Waals surface area contributed by atoms with Gasteiger partial charge in [-0.15, -0.1) is 0 Å². The van der Waals surface area contributed by atoms with Crippen molar-refractivity contribution in [3.8, 4) is 12.1 Å². The molecule has 1 saturated heterocycles. The van der Waals surface area contributed by atoms with Gasteiger partial charge in [0, 0.05) is 49.3 Å². The van der Waals surface area contributed by atoms with Gasteiger partial charge in [-0.3, -0.25) is 4.79 Å². The number of hydrogen-bond donors (Lipinski definition) is 1. The quantitative estimate of drug-likeness (QED) is 0.711. The Bertz CT molecular complexity index is 1130. The summed E-state index contributed by atoms with van der Waals surface area (Å²) in [6, 6.07) is 22.2. The van der Waals surface area contributed by atoms with Crippen LogP contribution in [-0.4, -0.2) is 37.1 Å². The smallest absolute Gasteiger partial charge is 0.255 e. The van der Waals surface area contributed by atoms with Crippen LogP contribution in [0.5, 0.6) is 0 Å². The molecular formula is C24H20N6O. The lowest BCUT2D eigenvalue weighted by molar-refractivity contribution is 0.102. The number of hydrogen-bond acceptors (Lipinski definition) is 6. The van der Waals surface area contributed by atoms with E-state index in [4.69, 9.17) is 10.5 Å². The Morgan fingerprint density at radius 2 is 1.42 bits per heavy atom. The molecular weight excluding hydrogens is 388 g/mol. The summed E-state index contributed by atoms with van der Waals surface area (Å²) < 4.78 is 0. The lowest BCUT2D eigenvalue weighted by Gasteiger charge is -2.36. The minimum atomic E-state index is -0.208. The summed E-state index contributed by atoms with van der Waals surface area (Å²) in [7, 11) is 0. The van der Waals surface area contributed by atoms with Crippen LogP contribution >= 0.6 is 0 Å². The van der Waals surface area contributed by atoms with Gasteiger partial charge in [0.2, 0.25) is 0 Å². The number of carbonyl (C=O) groups is 1. The van der Waals surface area contributed by atoms with Gasteiger partial charge in [0.1, 0.15) is 11.9 Å². The second kappa shape index (κ2) is 8.98. The molecule has 7 heteroatoms. The van der Waals surface area contributed by atoms with Gasteiger partial charge in [-0.1, -0.05) is 0 Å². The van der Waals surface area contributed by atoms with Crippen molar-refractivity contribution in [1.82, 2.24) is 4.98 Å². The van der Waals surface area contributed by atoms with Crippen molar-refractivity contribution in [2.75, 3.05) is 41.3 Å². The maximum absolute atomic E-state index is 12.4. The second-order valence-electron chi connectivity index (χ2n) is 7.18. The lowest BCUT2D eigenvalue weighted by atomic mass is 10.1. The Labute approximate surface area is 180 Å². The summed E-state index contributed by atoms with van der Waals surface area (Å²) in [5.41, 5.74) is 3.42. The number of nitrogens with zero attached hydrogens (tertiary/aromatic N) is 5. The van der Waals surface area contributed by atoms with Crippen molar-refractivity contribution < 1.29 is 4.79 Å². The van der Waals surface area contributed by atoms with Crippen LogP contribution in [0.15, 0.2) is 66.9 Å². The topological polar surface area (TPSA) is 96.0 Å². The Hall–Kier alpha value is -4.36. The molecule has 31 heavy (non-hydrogen) atoms. The van der Waals surface area contributed by atoms with Crippen molar-refractivity contribution in [3.05, 3.63) is 83.6 Å². The molecule has 0 saturated carbocycles. The highest BCUT2D eigenvalue weighted by atomic mass is 16.1. The predicted octanol–water partition coefficient (Wildman–Crippen LogP) is 3.40. The zero-order valence-electron chi connectivity index (χ0n) is 16.8. The highest BCUT2D eigenvalue weighted by molar-refractivity contribution is 6.04. The van der Waals surface area contributed by atoms with Gasteiger partial charge in [0.05, 0.1) is 17.2 Å². The third-order valence-electron chi connectivity index (χ3n) is 5.25. The normalized spacial score (nSPS) is 13.2. The van der Waals surface area contributed by atoms with E-state index in [9.17, 15) is 4.79 Å². The number of anilines is 3. The fraction of sp³-hybridized carbons (Fsp3) is 0.167. The minimum Gasteiger partial charge on any atom is -0.368 e. The van der Waals surface area contributed by atoms with Crippen molar-refractivity contribution in [3.63, 3.8) is 0 Å². The maximum atomic E-state index is 12.4. The van der Waals surface area contributed by atoms with Crippen molar-refractivity contribution in [2.24, 2.45) is 0 Å². The van der Waals surface area contributed by atoms with Gasteiger partial charge in [0.25, 0.3) is 5.91 Å². The number of pyridine rings is 1. The zero-order valence-corrected chi connectivity index (χ0v) is 16.8. The molecule has 1 fully saturated rings. The van der Waals surface area contributed by atoms with E-state index in [1.807, 2.05) is 36.4 Å². The Morgan fingerprint density at radius 1 is 0.806 bits per heavy atom. The summed E-state index contributed by atoms with van der Waals surface area (Å²) in [6.07, 6.45) is 1.60. The number of rotatable bonds is 4. The number of carbonyl (C=O) groups excluding carboxylic acids is 1. The van der Waals surface area contributed by atoms with Crippen LogP contribution in [0.25, 0.3) is 0 Å². The number of aromatic nitrogens is 1. The van der Waals surface area contributed by atoms with Crippen LogP contribution in [0, 0.1) is 22.7 Å². The minimum absolute atomic E-state index is 0.208. The van der Waals surface area contributed by atoms with E-state index >= 15 is 0 Å². The Kier molecular flexibility index (Phi) is 5.77. The fourth-order valence-electron chi connectivity index (χ4n) is 3.49. The molecule has 1 aromatic heterocycles. The average molecular weight is 408 g/mol. The molecule has 0 atom stereocenters. The van der Waals surface area contributed by atoms with Gasteiger partial charge >= 0.3 is 0 Å². The van der Waals surface area contributed by atoms with E-state index in [1.54, 1.807) is 36.5 Å². The predicted molar refractivity (Wildman–Crippen MR) is 119 cm³/mol. The first-order chi connectivity index (χ1) is 15.2. The molecule has 152 valence electrons. The van der Waals surface area contributed by atoms with Crippen molar-refractivity contribution >= 4 is 23.1 Å². The molecule has 0 aliphatic carbocycles. The molecule has 3 aromatic rings. The van der Waals surface area contributed by atoms with Gasteiger partial charge in [-0.25, -0.2) is 4.98 Å². The van der Waals surface area contributed by atoms with Crippen LogP contribution in [-0.2, 0) is 0 Å². The molecule has 2 aromatic carbocycles. The standard InChI is InChI=1S/C24H20N6O/c25-15-18-1-4-20(5-2-18)24(31)28-21-6-8-22(9-7-21)29-11-13-30(14-12-29)23-10-3-19(16-26)17-27-23/h1-10,17H,11-14H2,(H,28,31). The number of amides is 1. The summed E-state index contributed by atoms with van der Waals surface area (Å²) in [4.78, 5) is 21.3. The number of nitriles is 2. The highest BCUT2D eigenvalue weighted by Gasteiger charge is 2.18. The van der Waals surface area contributed by atoms with E-state index in [0.717, 1.165) is 43.4 Å². The van der Waals surface area contributed by atoms with Gasteiger partial charge in [-0.05, 0) is 60.7 Å². The summed E-state index contributed by atoms with van der Waals surface area (Å²) in [6.45, 7) is 3.41. The molecule has 2 heterocycles. The van der Waals surface area contributed by atoms with Crippen molar-refractivity contribution in [2.45, 2.75) is 0 Å². The van der Waals surface area contributed by atoms with Crippen LogP contribution < -0.4 is 15.1 Å². The average Bonchev–Trinajstić information content (AvgIpc) is 2.85. The van der Waals surface area contributed by atoms with Crippen LogP contribution in [0.2, 0.25) is 0 Å². The third kappa shape index (κ3) is 4.63. The molecule has 0 radical (unpaired) electrons. The van der Waals surface area contributed by atoms with E-state index < -0.39 is 0 Å². The van der Waals surface area contributed by atoms with Gasteiger partial charge in [-0.2, -0.15) is 10.5 Å². The molecule has 1 aliphatic heterocycles. The molecule has 1 aliphatic rings. The Morgan fingerprint density at radius 3 is 2.00 bits per heavy atom. The molecule has 7 nitrogen and oxygen atoms in total. The van der Waals surface area contributed by atoms with Crippen LogP contribution in [0.1, 0.15) is 21.5 Å². The molecule has 0 unspecified atom stereocenters.